The van der Waals surface area contributed by atoms with Crippen LogP contribution in [0.25, 0.3) is 5.69 Å². The monoisotopic (exact) mass is 327 g/mol. The standard InChI is InChI=1S/C17H14ClN3O2/c1-11-16(19-12-8-9-15(22)14(18)10-12)17(23)21(20(11)2)13-6-4-3-5-7-13/h3-10H,1-2H3/b19-12+. The first-order valence-electron chi connectivity index (χ1n) is 7.01. The zero-order chi connectivity index (χ0) is 16.6. The Kier molecular flexibility index (Phi) is 3.88. The van der Waals surface area contributed by atoms with Crippen LogP contribution in [0.2, 0.25) is 0 Å². The van der Waals surface area contributed by atoms with E-state index < -0.39 is 0 Å². The van der Waals surface area contributed by atoms with Gasteiger partial charge in [0.25, 0.3) is 5.56 Å². The summed E-state index contributed by atoms with van der Waals surface area (Å²) in [6, 6.07) is 9.34. The second-order valence-corrected chi connectivity index (χ2v) is 5.54. The van der Waals surface area contributed by atoms with Gasteiger partial charge in [0, 0.05) is 7.05 Å². The summed E-state index contributed by atoms with van der Waals surface area (Å²) in [4.78, 5) is 28.4. The Bertz CT molecular complexity index is 931. The fraction of sp³-hybridized carbons (Fsp3) is 0.118. The van der Waals surface area contributed by atoms with Crippen LogP contribution in [-0.4, -0.2) is 20.9 Å². The molecule has 116 valence electrons. The molecule has 1 heterocycles. The van der Waals surface area contributed by atoms with E-state index in [1.165, 1.54) is 12.2 Å². The van der Waals surface area contributed by atoms with E-state index in [1.54, 1.807) is 22.5 Å². The van der Waals surface area contributed by atoms with Gasteiger partial charge in [0.2, 0.25) is 0 Å². The van der Waals surface area contributed by atoms with E-state index >= 15 is 0 Å². The van der Waals surface area contributed by atoms with Crippen molar-refractivity contribution < 1.29 is 4.79 Å². The molecule has 0 atom stereocenters. The first-order chi connectivity index (χ1) is 11.0. The second kappa shape index (κ2) is 5.85. The van der Waals surface area contributed by atoms with Crippen LogP contribution in [0, 0.1) is 6.92 Å². The van der Waals surface area contributed by atoms with Crippen molar-refractivity contribution in [2.45, 2.75) is 6.92 Å². The third kappa shape index (κ3) is 2.71. The van der Waals surface area contributed by atoms with Crippen LogP contribution >= 0.6 is 11.6 Å². The van der Waals surface area contributed by atoms with Gasteiger partial charge in [-0.25, -0.2) is 9.67 Å². The largest absolute Gasteiger partial charge is 0.297 e. The highest BCUT2D eigenvalue weighted by Gasteiger charge is 2.17. The summed E-state index contributed by atoms with van der Waals surface area (Å²) in [6.07, 6.45) is 4.35. The Morgan fingerprint density at radius 2 is 1.78 bits per heavy atom. The lowest BCUT2D eigenvalue weighted by molar-refractivity contribution is -0.110. The SMILES string of the molecule is Cc1c(/N=C2\C=CC(=O)C(Cl)=C2)c(=O)n(-c2ccccc2)n1C. The number of ketones is 1. The average Bonchev–Trinajstić information content (AvgIpc) is 2.75. The molecule has 0 radical (unpaired) electrons. The molecule has 0 aliphatic heterocycles. The quantitative estimate of drug-likeness (QED) is 0.796. The van der Waals surface area contributed by atoms with Gasteiger partial charge in [-0.15, -0.1) is 0 Å². The number of para-hydroxylation sites is 1. The van der Waals surface area contributed by atoms with E-state index in [0.29, 0.717) is 11.4 Å². The predicted octanol–water partition coefficient (Wildman–Crippen LogP) is 2.82. The van der Waals surface area contributed by atoms with Gasteiger partial charge >= 0.3 is 0 Å². The van der Waals surface area contributed by atoms with Crippen molar-refractivity contribution >= 4 is 28.8 Å². The van der Waals surface area contributed by atoms with Crippen molar-refractivity contribution in [1.82, 2.24) is 9.36 Å². The molecule has 1 aliphatic rings. The van der Waals surface area contributed by atoms with Crippen molar-refractivity contribution in [2.75, 3.05) is 0 Å². The molecule has 0 spiro atoms. The van der Waals surface area contributed by atoms with E-state index in [-0.39, 0.29) is 16.4 Å². The molecule has 0 saturated heterocycles. The smallest absolute Gasteiger partial charge is 0.288 e. The highest BCUT2D eigenvalue weighted by molar-refractivity contribution is 6.47. The van der Waals surface area contributed by atoms with Crippen molar-refractivity contribution in [3.8, 4) is 5.69 Å². The van der Waals surface area contributed by atoms with Gasteiger partial charge in [-0.2, -0.15) is 0 Å². The van der Waals surface area contributed by atoms with E-state index in [1.807, 2.05) is 37.3 Å². The molecule has 0 N–H and O–H groups in total. The number of carbonyl (C=O) groups excluding carboxylic acids is 1. The number of nitrogens with zero attached hydrogens (tertiary/aromatic N) is 3. The summed E-state index contributed by atoms with van der Waals surface area (Å²) in [5.74, 6) is -0.267. The number of rotatable bonds is 2. The highest BCUT2D eigenvalue weighted by atomic mass is 35.5. The fourth-order valence-corrected chi connectivity index (χ4v) is 2.55. The minimum absolute atomic E-state index is 0.0863. The van der Waals surface area contributed by atoms with Gasteiger partial charge in [-0.05, 0) is 37.3 Å². The summed E-state index contributed by atoms with van der Waals surface area (Å²) in [5.41, 5.74) is 2.06. The lowest BCUT2D eigenvalue weighted by atomic mass is 10.1. The molecule has 23 heavy (non-hydrogen) atoms. The van der Waals surface area contributed by atoms with Gasteiger partial charge in [0.05, 0.1) is 22.1 Å². The number of aliphatic imine (C=N–C) groups is 1. The Hall–Kier alpha value is -2.66. The molecule has 1 aliphatic carbocycles. The number of benzene rings is 1. The van der Waals surface area contributed by atoms with Gasteiger partial charge in [0.1, 0.15) is 0 Å². The second-order valence-electron chi connectivity index (χ2n) is 5.14. The Morgan fingerprint density at radius 1 is 1.09 bits per heavy atom. The number of aromatic nitrogens is 2. The first-order valence-corrected chi connectivity index (χ1v) is 7.39. The van der Waals surface area contributed by atoms with E-state index in [9.17, 15) is 9.59 Å². The lowest BCUT2D eigenvalue weighted by Gasteiger charge is -2.07. The Balaban J connectivity index is 2.15. The van der Waals surface area contributed by atoms with E-state index in [4.69, 9.17) is 11.6 Å². The zero-order valence-corrected chi connectivity index (χ0v) is 13.4. The topological polar surface area (TPSA) is 56.4 Å². The summed E-state index contributed by atoms with van der Waals surface area (Å²) < 4.78 is 3.30. The lowest BCUT2D eigenvalue weighted by Crippen LogP contribution is -2.19. The van der Waals surface area contributed by atoms with Crippen molar-refractivity contribution in [1.29, 1.82) is 0 Å². The van der Waals surface area contributed by atoms with Gasteiger partial charge in [-0.1, -0.05) is 29.8 Å². The number of allylic oxidation sites excluding steroid dienone is 4. The zero-order valence-electron chi connectivity index (χ0n) is 12.7. The van der Waals surface area contributed by atoms with Crippen molar-refractivity contribution in [3.63, 3.8) is 0 Å². The Labute approximate surface area is 137 Å². The molecule has 0 saturated carbocycles. The molecule has 2 aromatic rings. The summed E-state index contributed by atoms with van der Waals surface area (Å²) >= 11 is 5.83. The summed E-state index contributed by atoms with van der Waals surface area (Å²) in [7, 11) is 1.80. The predicted molar refractivity (Wildman–Crippen MR) is 90.9 cm³/mol. The van der Waals surface area contributed by atoms with Crippen molar-refractivity contribution in [3.05, 3.63) is 69.6 Å². The number of halogens is 1. The molecule has 6 heteroatoms. The summed E-state index contributed by atoms with van der Waals surface area (Å²) in [5, 5.41) is 0.0863. The number of hydrogen-bond donors (Lipinski definition) is 0. The van der Waals surface area contributed by atoms with E-state index in [0.717, 1.165) is 11.4 Å². The molecule has 0 unspecified atom stereocenters. The molecule has 0 bridgehead atoms. The number of carbonyl (C=O) groups is 1. The van der Waals surface area contributed by atoms with Crippen LogP contribution in [0.3, 0.4) is 0 Å². The van der Waals surface area contributed by atoms with Crippen LogP contribution in [0.5, 0.6) is 0 Å². The van der Waals surface area contributed by atoms with Gasteiger partial charge < -0.3 is 0 Å². The average molecular weight is 328 g/mol. The van der Waals surface area contributed by atoms with Gasteiger partial charge in [0.15, 0.2) is 11.5 Å². The maximum absolute atomic E-state index is 12.7. The molecule has 0 amide bonds. The molecule has 0 fully saturated rings. The van der Waals surface area contributed by atoms with Crippen LogP contribution < -0.4 is 5.56 Å². The molecular weight excluding hydrogens is 314 g/mol. The highest BCUT2D eigenvalue weighted by Crippen LogP contribution is 2.19. The molecule has 5 nitrogen and oxygen atoms in total. The molecular formula is C17H14ClN3O2. The normalized spacial score (nSPS) is 16.0. The molecule has 1 aromatic carbocycles. The van der Waals surface area contributed by atoms with Crippen LogP contribution in [-0.2, 0) is 11.8 Å². The third-order valence-electron chi connectivity index (χ3n) is 3.68. The Morgan fingerprint density at radius 3 is 2.43 bits per heavy atom. The molecule has 1 aromatic heterocycles. The maximum Gasteiger partial charge on any atom is 0.297 e. The van der Waals surface area contributed by atoms with Crippen LogP contribution in [0.1, 0.15) is 5.69 Å². The van der Waals surface area contributed by atoms with Crippen LogP contribution in [0.4, 0.5) is 5.69 Å². The minimum atomic E-state index is -0.267. The molecule has 3 rings (SSSR count). The first kappa shape index (κ1) is 15.2. The number of hydrogen-bond acceptors (Lipinski definition) is 3. The third-order valence-corrected chi connectivity index (χ3v) is 3.98. The summed E-state index contributed by atoms with van der Waals surface area (Å²) in [6.45, 7) is 1.82. The van der Waals surface area contributed by atoms with Crippen molar-refractivity contribution in [2.24, 2.45) is 12.0 Å². The van der Waals surface area contributed by atoms with E-state index in [2.05, 4.69) is 4.99 Å². The maximum atomic E-state index is 12.7. The van der Waals surface area contributed by atoms with Crippen LogP contribution in [0.15, 0.2) is 63.4 Å². The van der Waals surface area contributed by atoms with Gasteiger partial charge in [-0.3, -0.25) is 14.3 Å². The minimum Gasteiger partial charge on any atom is -0.288 e. The fourth-order valence-electron chi connectivity index (χ4n) is 2.37.